The molecule has 0 spiro atoms. The average Bonchev–Trinajstić information content (AvgIpc) is 3.30. The van der Waals surface area contributed by atoms with Crippen molar-refractivity contribution >= 4 is 23.7 Å². The number of amides is 1. The Kier molecular flexibility index (Phi) is 6.71. The molecule has 0 unspecified atom stereocenters. The van der Waals surface area contributed by atoms with Crippen LogP contribution in [-0.2, 0) is 0 Å². The van der Waals surface area contributed by atoms with Crippen LogP contribution in [0.4, 0.5) is 0 Å². The van der Waals surface area contributed by atoms with Crippen molar-refractivity contribution in [3.05, 3.63) is 95.1 Å². The Balaban J connectivity index is 1.61. The maximum Gasteiger partial charge on any atom is 0.291 e. The van der Waals surface area contributed by atoms with E-state index in [-0.39, 0.29) is 5.69 Å². The van der Waals surface area contributed by atoms with E-state index in [1.165, 1.54) is 0 Å². The van der Waals surface area contributed by atoms with E-state index in [1.807, 2.05) is 60.7 Å². The molecule has 0 fully saturated rings. The summed E-state index contributed by atoms with van der Waals surface area (Å²) in [6, 6.07) is 23.8. The summed E-state index contributed by atoms with van der Waals surface area (Å²) in [5, 5.41) is 9.19. The number of nitrogens with one attached hydrogen (secondary N) is 1. The maximum absolute atomic E-state index is 12.8. The largest absolute Gasteiger partial charge is 0.497 e. The second kappa shape index (κ2) is 10.0. The van der Waals surface area contributed by atoms with Crippen LogP contribution in [0.3, 0.4) is 0 Å². The van der Waals surface area contributed by atoms with Gasteiger partial charge in [0.2, 0.25) is 0 Å². The zero-order valence-corrected chi connectivity index (χ0v) is 18.8. The molecule has 1 amide bonds. The molecule has 0 atom stereocenters. The third-order valence-corrected chi connectivity index (χ3v) is 5.15. The minimum absolute atomic E-state index is 0.225. The standard InChI is InChI=1S/C25H21ClN4O3/c1-32-21-11-3-17(4-12-21)16-27-28-25(31)23-15-24(18-5-7-19(26)8-6-18)30(29-23)20-9-13-22(33-2)14-10-20/h3-16H,1-2H3,(H,28,31)/b27-16-. The van der Waals surface area contributed by atoms with E-state index < -0.39 is 5.91 Å². The molecule has 1 heterocycles. The molecule has 4 aromatic rings. The smallest absolute Gasteiger partial charge is 0.291 e. The third kappa shape index (κ3) is 5.22. The Labute approximate surface area is 196 Å². The van der Waals surface area contributed by atoms with Crippen LogP contribution in [0.1, 0.15) is 16.1 Å². The first kappa shape index (κ1) is 22.1. The normalized spacial score (nSPS) is 10.9. The van der Waals surface area contributed by atoms with E-state index >= 15 is 0 Å². The molecule has 0 bridgehead atoms. The molecule has 0 saturated heterocycles. The Morgan fingerprint density at radius 2 is 1.55 bits per heavy atom. The number of benzene rings is 3. The van der Waals surface area contributed by atoms with Gasteiger partial charge in [-0.2, -0.15) is 10.2 Å². The lowest BCUT2D eigenvalue weighted by Crippen LogP contribution is -2.18. The van der Waals surface area contributed by atoms with Gasteiger partial charge in [-0.1, -0.05) is 23.7 Å². The third-order valence-electron chi connectivity index (χ3n) is 4.89. The summed E-state index contributed by atoms with van der Waals surface area (Å²) >= 11 is 6.05. The number of ether oxygens (including phenoxy) is 2. The number of carbonyl (C=O) groups is 1. The predicted molar refractivity (Wildman–Crippen MR) is 129 cm³/mol. The van der Waals surface area contributed by atoms with Crippen LogP contribution in [0.15, 0.2) is 84.0 Å². The highest BCUT2D eigenvalue weighted by atomic mass is 35.5. The summed E-state index contributed by atoms with van der Waals surface area (Å²) in [6.45, 7) is 0. The Bertz CT molecular complexity index is 1260. The van der Waals surface area contributed by atoms with Crippen molar-refractivity contribution in [2.45, 2.75) is 0 Å². The highest BCUT2D eigenvalue weighted by Crippen LogP contribution is 2.26. The molecule has 8 heteroatoms. The first-order chi connectivity index (χ1) is 16.1. The van der Waals surface area contributed by atoms with E-state index in [4.69, 9.17) is 21.1 Å². The molecule has 33 heavy (non-hydrogen) atoms. The quantitative estimate of drug-likeness (QED) is 0.312. The summed E-state index contributed by atoms with van der Waals surface area (Å²) in [5.41, 5.74) is 5.96. The lowest BCUT2D eigenvalue weighted by atomic mass is 10.1. The number of methoxy groups -OCH3 is 2. The summed E-state index contributed by atoms with van der Waals surface area (Å²) in [7, 11) is 3.21. The van der Waals surface area contributed by atoms with Gasteiger partial charge in [0.15, 0.2) is 5.69 Å². The monoisotopic (exact) mass is 460 g/mol. The van der Waals surface area contributed by atoms with Crippen LogP contribution in [0, 0.1) is 0 Å². The fourth-order valence-corrected chi connectivity index (χ4v) is 3.28. The predicted octanol–water partition coefficient (Wildman–Crippen LogP) is 4.97. The van der Waals surface area contributed by atoms with Crippen LogP contribution in [0.25, 0.3) is 16.9 Å². The number of rotatable bonds is 7. The molecule has 7 nitrogen and oxygen atoms in total. The van der Waals surface area contributed by atoms with E-state index in [1.54, 1.807) is 43.3 Å². The summed E-state index contributed by atoms with van der Waals surface area (Å²) in [5.74, 6) is 1.04. The average molecular weight is 461 g/mol. The van der Waals surface area contributed by atoms with Gasteiger partial charge in [-0.3, -0.25) is 4.79 Å². The summed E-state index contributed by atoms with van der Waals surface area (Å²) < 4.78 is 12.1. The molecule has 3 aromatic carbocycles. The van der Waals surface area contributed by atoms with Crippen molar-refractivity contribution < 1.29 is 14.3 Å². The van der Waals surface area contributed by atoms with Gasteiger partial charge in [0.1, 0.15) is 11.5 Å². The summed E-state index contributed by atoms with van der Waals surface area (Å²) in [4.78, 5) is 12.8. The molecule has 166 valence electrons. The number of hydrogen-bond donors (Lipinski definition) is 1. The fraction of sp³-hybridized carbons (Fsp3) is 0.0800. The van der Waals surface area contributed by atoms with Crippen LogP contribution >= 0.6 is 11.6 Å². The Hall–Kier alpha value is -4.10. The second-order valence-corrected chi connectivity index (χ2v) is 7.44. The van der Waals surface area contributed by atoms with E-state index in [2.05, 4.69) is 15.6 Å². The number of halogens is 1. The minimum Gasteiger partial charge on any atom is -0.497 e. The lowest BCUT2D eigenvalue weighted by molar-refractivity contribution is 0.0949. The van der Waals surface area contributed by atoms with Crippen molar-refractivity contribution in [2.75, 3.05) is 14.2 Å². The number of aromatic nitrogens is 2. The molecule has 1 N–H and O–H groups in total. The van der Waals surface area contributed by atoms with Gasteiger partial charge in [0, 0.05) is 10.6 Å². The van der Waals surface area contributed by atoms with Gasteiger partial charge in [0.25, 0.3) is 5.91 Å². The Morgan fingerprint density at radius 3 is 2.15 bits per heavy atom. The Morgan fingerprint density at radius 1 is 0.939 bits per heavy atom. The highest BCUT2D eigenvalue weighted by molar-refractivity contribution is 6.30. The topological polar surface area (TPSA) is 77.7 Å². The van der Waals surface area contributed by atoms with Gasteiger partial charge in [-0.05, 0) is 72.3 Å². The van der Waals surface area contributed by atoms with E-state index in [0.717, 1.165) is 34.0 Å². The van der Waals surface area contributed by atoms with Crippen molar-refractivity contribution in [1.29, 1.82) is 0 Å². The van der Waals surface area contributed by atoms with E-state index in [9.17, 15) is 4.79 Å². The van der Waals surface area contributed by atoms with Crippen LogP contribution in [0.2, 0.25) is 5.02 Å². The number of nitrogens with zero attached hydrogens (tertiary/aromatic N) is 3. The first-order valence-corrected chi connectivity index (χ1v) is 10.4. The summed E-state index contributed by atoms with van der Waals surface area (Å²) in [6.07, 6.45) is 1.55. The highest BCUT2D eigenvalue weighted by Gasteiger charge is 2.17. The first-order valence-electron chi connectivity index (χ1n) is 10.1. The minimum atomic E-state index is -0.428. The van der Waals surface area contributed by atoms with Gasteiger partial charge in [0.05, 0.1) is 31.8 Å². The molecular weight excluding hydrogens is 440 g/mol. The number of carbonyl (C=O) groups excluding carboxylic acids is 1. The zero-order valence-electron chi connectivity index (χ0n) is 18.0. The lowest BCUT2D eigenvalue weighted by Gasteiger charge is -2.08. The SMILES string of the molecule is COc1ccc(/C=N\NC(=O)c2cc(-c3ccc(Cl)cc3)n(-c3ccc(OC)cc3)n2)cc1. The number of hydrazone groups is 1. The molecule has 0 radical (unpaired) electrons. The van der Waals surface area contributed by atoms with E-state index in [0.29, 0.717) is 5.02 Å². The molecular formula is C25H21ClN4O3. The van der Waals surface area contributed by atoms with Gasteiger partial charge >= 0.3 is 0 Å². The van der Waals surface area contributed by atoms with Crippen molar-refractivity contribution in [1.82, 2.24) is 15.2 Å². The van der Waals surface area contributed by atoms with Crippen molar-refractivity contribution in [3.63, 3.8) is 0 Å². The second-order valence-electron chi connectivity index (χ2n) is 7.00. The fourth-order valence-electron chi connectivity index (χ4n) is 3.15. The van der Waals surface area contributed by atoms with Crippen LogP contribution in [-0.4, -0.2) is 36.1 Å². The van der Waals surface area contributed by atoms with Crippen LogP contribution in [0.5, 0.6) is 11.5 Å². The van der Waals surface area contributed by atoms with Gasteiger partial charge < -0.3 is 9.47 Å². The van der Waals surface area contributed by atoms with Crippen molar-refractivity contribution in [2.24, 2.45) is 5.10 Å². The van der Waals surface area contributed by atoms with Crippen molar-refractivity contribution in [3.8, 4) is 28.4 Å². The van der Waals surface area contributed by atoms with Gasteiger partial charge in [-0.25, -0.2) is 10.1 Å². The maximum atomic E-state index is 12.8. The molecule has 0 aliphatic rings. The number of hydrogen-bond acceptors (Lipinski definition) is 5. The zero-order chi connectivity index (χ0) is 23.2. The molecule has 4 rings (SSSR count). The molecule has 0 aliphatic carbocycles. The molecule has 0 saturated carbocycles. The molecule has 1 aromatic heterocycles. The molecule has 0 aliphatic heterocycles. The van der Waals surface area contributed by atoms with Crippen LogP contribution < -0.4 is 14.9 Å². The van der Waals surface area contributed by atoms with Gasteiger partial charge in [-0.15, -0.1) is 0 Å².